The maximum atomic E-state index is 12.3. The summed E-state index contributed by atoms with van der Waals surface area (Å²) in [6.07, 6.45) is 0. The van der Waals surface area contributed by atoms with Gasteiger partial charge in [0, 0.05) is 21.4 Å². The van der Waals surface area contributed by atoms with Crippen LogP contribution in [0.1, 0.15) is 5.56 Å². The molecule has 100 valence electrons. The summed E-state index contributed by atoms with van der Waals surface area (Å²) in [6, 6.07) is 14.6. The highest BCUT2D eigenvalue weighted by Crippen LogP contribution is 2.22. The molecule has 5 heteroatoms. The Morgan fingerprint density at radius 2 is 1.89 bits per heavy atom. The van der Waals surface area contributed by atoms with E-state index >= 15 is 0 Å². The van der Waals surface area contributed by atoms with Crippen LogP contribution in [0, 0.1) is 3.57 Å². The van der Waals surface area contributed by atoms with Crippen LogP contribution in [0.4, 0.5) is 14.5 Å². The molecule has 0 saturated carbocycles. The van der Waals surface area contributed by atoms with Crippen LogP contribution in [0.2, 0.25) is 0 Å². The zero-order chi connectivity index (χ0) is 13.7. The Labute approximate surface area is 123 Å². The minimum absolute atomic E-state index is 0.204. The summed E-state index contributed by atoms with van der Waals surface area (Å²) in [6.45, 7) is -2.37. The first-order valence-corrected chi connectivity index (χ1v) is 6.75. The molecule has 0 aliphatic carbocycles. The summed E-state index contributed by atoms with van der Waals surface area (Å²) < 4.78 is 30.1. The maximum Gasteiger partial charge on any atom is 0.387 e. The molecular formula is C14H12F2INO. The van der Waals surface area contributed by atoms with E-state index in [1.807, 2.05) is 24.3 Å². The van der Waals surface area contributed by atoms with Gasteiger partial charge in [-0.15, -0.1) is 0 Å². The molecule has 0 fully saturated rings. The SMILES string of the molecule is FC(F)Oc1ccccc1CNc1cccc(I)c1. The Morgan fingerprint density at radius 3 is 2.63 bits per heavy atom. The Kier molecular flexibility index (Phi) is 4.95. The molecule has 0 aliphatic rings. The van der Waals surface area contributed by atoms with Crippen molar-refractivity contribution in [1.29, 1.82) is 0 Å². The summed E-state index contributed by atoms with van der Waals surface area (Å²) in [5, 5.41) is 3.19. The van der Waals surface area contributed by atoms with Crippen molar-refractivity contribution >= 4 is 28.3 Å². The molecule has 0 unspecified atom stereocenters. The Balaban J connectivity index is 2.07. The third-order valence-electron chi connectivity index (χ3n) is 2.50. The van der Waals surface area contributed by atoms with E-state index in [1.165, 1.54) is 6.07 Å². The van der Waals surface area contributed by atoms with Gasteiger partial charge in [-0.1, -0.05) is 24.3 Å². The van der Waals surface area contributed by atoms with Crippen LogP contribution in [0.5, 0.6) is 5.75 Å². The van der Waals surface area contributed by atoms with Gasteiger partial charge < -0.3 is 10.1 Å². The lowest BCUT2D eigenvalue weighted by atomic mass is 10.2. The summed E-state index contributed by atoms with van der Waals surface area (Å²) in [5.74, 6) is 0.204. The topological polar surface area (TPSA) is 21.3 Å². The predicted octanol–water partition coefficient (Wildman–Crippen LogP) is 4.50. The Bertz CT molecular complexity index is 548. The minimum Gasteiger partial charge on any atom is -0.434 e. The fourth-order valence-corrected chi connectivity index (χ4v) is 2.20. The molecule has 2 aromatic carbocycles. The Morgan fingerprint density at radius 1 is 1.11 bits per heavy atom. The number of hydrogen-bond acceptors (Lipinski definition) is 2. The van der Waals surface area contributed by atoms with Crippen molar-refractivity contribution in [3.63, 3.8) is 0 Å². The van der Waals surface area contributed by atoms with Gasteiger partial charge in [-0.25, -0.2) is 0 Å². The van der Waals surface area contributed by atoms with Crippen molar-refractivity contribution < 1.29 is 13.5 Å². The molecule has 0 saturated heterocycles. The van der Waals surface area contributed by atoms with Crippen LogP contribution in [0.15, 0.2) is 48.5 Å². The van der Waals surface area contributed by atoms with E-state index < -0.39 is 6.61 Å². The molecule has 0 aliphatic heterocycles. The van der Waals surface area contributed by atoms with Crippen molar-refractivity contribution in [2.24, 2.45) is 0 Å². The first-order valence-electron chi connectivity index (χ1n) is 5.67. The highest BCUT2D eigenvalue weighted by Gasteiger charge is 2.08. The summed E-state index contributed by atoms with van der Waals surface area (Å²) in [4.78, 5) is 0. The number of alkyl halides is 2. The molecule has 0 atom stereocenters. The van der Waals surface area contributed by atoms with Gasteiger partial charge in [-0.2, -0.15) is 8.78 Å². The second-order valence-corrected chi connectivity index (χ2v) is 5.10. The zero-order valence-corrected chi connectivity index (χ0v) is 12.1. The highest BCUT2D eigenvalue weighted by atomic mass is 127. The number of rotatable bonds is 5. The lowest BCUT2D eigenvalue weighted by Crippen LogP contribution is -2.07. The first kappa shape index (κ1) is 14.0. The van der Waals surface area contributed by atoms with Crippen LogP contribution in [-0.4, -0.2) is 6.61 Å². The lowest BCUT2D eigenvalue weighted by Gasteiger charge is -2.12. The number of ether oxygens (including phenoxy) is 1. The van der Waals surface area contributed by atoms with Gasteiger partial charge >= 0.3 is 6.61 Å². The van der Waals surface area contributed by atoms with Crippen LogP contribution in [-0.2, 0) is 6.54 Å². The molecule has 0 radical (unpaired) electrons. The minimum atomic E-state index is -2.81. The van der Waals surface area contributed by atoms with Gasteiger partial charge in [0.05, 0.1) is 0 Å². The average molecular weight is 375 g/mol. The molecule has 19 heavy (non-hydrogen) atoms. The quantitative estimate of drug-likeness (QED) is 0.777. The van der Waals surface area contributed by atoms with Gasteiger partial charge in [0.25, 0.3) is 0 Å². The number of halogens is 3. The number of para-hydroxylation sites is 1. The number of nitrogens with one attached hydrogen (secondary N) is 1. The molecule has 2 rings (SSSR count). The van der Waals surface area contributed by atoms with Crippen molar-refractivity contribution in [3.8, 4) is 5.75 Å². The molecule has 0 bridgehead atoms. The highest BCUT2D eigenvalue weighted by molar-refractivity contribution is 14.1. The molecule has 2 aromatic rings. The summed E-state index contributed by atoms with van der Waals surface area (Å²) in [7, 11) is 0. The second kappa shape index (κ2) is 6.70. The van der Waals surface area contributed by atoms with Gasteiger partial charge in [0.15, 0.2) is 0 Å². The van der Waals surface area contributed by atoms with Crippen molar-refractivity contribution in [3.05, 3.63) is 57.7 Å². The summed E-state index contributed by atoms with van der Waals surface area (Å²) >= 11 is 2.22. The van der Waals surface area contributed by atoms with Gasteiger partial charge in [0.2, 0.25) is 0 Å². The molecule has 0 amide bonds. The summed E-state index contributed by atoms with van der Waals surface area (Å²) in [5.41, 5.74) is 1.64. The fraction of sp³-hybridized carbons (Fsp3) is 0.143. The molecule has 2 nitrogen and oxygen atoms in total. The molecule has 0 spiro atoms. The van der Waals surface area contributed by atoms with E-state index in [2.05, 4.69) is 32.6 Å². The number of anilines is 1. The van der Waals surface area contributed by atoms with Crippen molar-refractivity contribution in [2.45, 2.75) is 13.2 Å². The van der Waals surface area contributed by atoms with Gasteiger partial charge in [-0.3, -0.25) is 0 Å². The smallest absolute Gasteiger partial charge is 0.387 e. The van der Waals surface area contributed by atoms with Gasteiger partial charge in [0.1, 0.15) is 5.75 Å². The van der Waals surface area contributed by atoms with Crippen LogP contribution in [0.3, 0.4) is 0 Å². The van der Waals surface area contributed by atoms with Crippen LogP contribution < -0.4 is 10.1 Å². The van der Waals surface area contributed by atoms with E-state index in [0.29, 0.717) is 12.1 Å². The monoisotopic (exact) mass is 375 g/mol. The lowest BCUT2D eigenvalue weighted by molar-refractivity contribution is -0.0504. The van der Waals surface area contributed by atoms with Crippen LogP contribution >= 0.6 is 22.6 Å². The first-order chi connectivity index (χ1) is 9.15. The van der Waals surface area contributed by atoms with E-state index in [-0.39, 0.29) is 5.75 Å². The largest absolute Gasteiger partial charge is 0.434 e. The second-order valence-electron chi connectivity index (χ2n) is 3.85. The fourth-order valence-electron chi connectivity index (χ4n) is 1.66. The molecular weight excluding hydrogens is 363 g/mol. The third-order valence-corrected chi connectivity index (χ3v) is 3.17. The van der Waals surface area contributed by atoms with E-state index in [4.69, 9.17) is 0 Å². The van der Waals surface area contributed by atoms with E-state index in [9.17, 15) is 8.78 Å². The molecule has 0 heterocycles. The van der Waals surface area contributed by atoms with Crippen molar-refractivity contribution in [1.82, 2.24) is 0 Å². The zero-order valence-electron chi connectivity index (χ0n) is 9.95. The molecule has 0 aromatic heterocycles. The molecule has 1 N–H and O–H groups in total. The van der Waals surface area contributed by atoms with Crippen molar-refractivity contribution in [2.75, 3.05) is 5.32 Å². The number of benzene rings is 2. The maximum absolute atomic E-state index is 12.3. The van der Waals surface area contributed by atoms with E-state index in [0.717, 1.165) is 9.26 Å². The Hall–Kier alpha value is -1.37. The van der Waals surface area contributed by atoms with Gasteiger partial charge in [-0.05, 0) is 46.9 Å². The average Bonchev–Trinajstić information content (AvgIpc) is 2.37. The standard InChI is InChI=1S/C14H12F2INO/c15-14(16)19-13-7-2-1-4-10(13)9-18-12-6-3-5-11(17)8-12/h1-8,14,18H,9H2. The number of hydrogen-bond donors (Lipinski definition) is 1. The van der Waals surface area contributed by atoms with E-state index in [1.54, 1.807) is 18.2 Å². The predicted molar refractivity (Wildman–Crippen MR) is 79.6 cm³/mol. The van der Waals surface area contributed by atoms with Crippen LogP contribution in [0.25, 0.3) is 0 Å². The normalized spacial score (nSPS) is 10.5. The third kappa shape index (κ3) is 4.34.